The Bertz CT molecular complexity index is 301. The second kappa shape index (κ2) is 6.55. The van der Waals surface area contributed by atoms with Crippen LogP contribution in [0, 0.1) is 0 Å². The van der Waals surface area contributed by atoms with E-state index in [9.17, 15) is 0 Å². The van der Waals surface area contributed by atoms with Gasteiger partial charge in [0, 0.05) is 19.6 Å². The molecule has 1 aromatic rings. The third kappa shape index (κ3) is 3.86. The smallest absolute Gasteiger partial charge is 0.176 e. The van der Waals surface area contributed by atoms with Crippen molar-refractivity contribution in [2.45, 2.75) is 38.8 Å². The highest BCUT2D eigenvalue weighted by Gasteiger charge is 2.18. The van der Waals surface area contributed by atoms with E-state index in [0.29, 0.717) is 0 Å². The molecule has 1 aromatic heterocycles. The molecule has 0 spiro atoms. The van der Waals surface area contributed by atoms with Crippen LogP contribution in [0.4, 0.5) is 0 Å². The highest BCUT2D eigenvalue weighted by molar-refractivity contribution is 4.87. The summed E-state index contributed by atoms with van der Waals surface area (Å²) in [6.07, 6.45) is 1.97. The standard InChI is InChI=1S/C10H21N5O/c1-5-6-11-9(8(2)16-4)7-10-12-14-15(3)13-10/h8-9,11H,5-7H2,1-4H3. The number of aromatic nitrogens is 4. The Morgan fingerprint density at radius 3 is 2.75 bits per heavy atom. The average molecular weight is 227 g/mol. The van der Waals surface area contributed by atoms with E-state index in [1.54, 1.807) is 14.2 Å². The summed E-state index contributed by atoms with van der Waals surface area (Å²) in [6.45, 7) is 5.16. The molecular formula is C10H21N5O. The molecule has 1 N–H and O–H groups in total. The lowest BCUT2D eigenvalue weighted by Gasteiger charge is -2.22. The van der Waals surface area contributed by atoms with Gasteiger partial charge in [-0.3, -0.25) is 0 Å². The molecule has 0 aliphatic rings. The second-order valence-corrected chi connectivity index (χ2v) is 3.90. The average Bonchev–Trinajstić information content (AvgIpc) is 2.69. The molecule has 16 heavy (non-hydrogen) atoms. The monoisotopic (exact) mass is 227 g/mol. The van der Waals surface area contributed by atoms with Crippen molar-refractivity contribution < 1.29 is 4.74 Å². The van der Waals surface area contributed by atoms with Crippen molar-refractivity contribution in [1.29, 1.82) is 0 Å². The Balaban J connectivity index is 2.55. The summed E-state index contributed by atoms with van der Waals surface area (Å²) in [4.78, 5) is 1.48. The first-order valence-electron chi connectivity index (χ1n) is 5.66. The molecular weight excluding hydrogens is 206 g/mol. The number of hydrogen-bond donors (Lipinski definition) is 1. The summed E-state index contributed by atoms with van der Waals surface area (Å²) < 4.78 is 5.34. The maximum Gasteiger partial charge on any atom is 0.176 e. The van der Waals surface area contributed by atoms with Crippen LogP contribution < -0.4 is 5.32 Å². The minimum Gasteiger partial charge on any atom is -0.380 e. The summed E-state index contributed by atoms with van der Waals surface area (Å²) >= 11 is 0. The SMILES string of the molecule is CCCNC(Cc1nnn(C)n1)C(C)OC. The van der Waals surface area contributed by atoms with Crippen LogP contribution in [0.15, 0.2) is 0 Å². The number of methoxy groups -OCH3 is 1. The van der Waals surface area contributed by atoms with Crippen LogP contribution in [0.25, 0.3) is 0 Å². The molecule has 1 rings (SSSR count). The molecule has 0 amide bonds. The molecule has 6 nitrogen and oxygen atoms in total. The molecule has 92 valence electrons. The fourth-order valence-corrected chi connectivity index (χ4v) is 1.50. The Morgan fingerprint density at radius 1 is 1.50 bits per heavy atom. The molecule has 0 aliphatic carbocycles. The predicted molar refractivity (Wildman–Crippen MR) is 61.1 cm³/mol. The van der Waals surface area contributed by atoms with Gasteiger partial charge in [0.25, 0.3) is 0 Å². The summed E-state index contributed by atoms with van der Waals surface area (Å²) in [5.41, 5.74) is 0. The maximum atomic E-state index is 5.34. The lowest BCUT2D eigenvalue weighted by atomic mass is 10.1. The highest BCUT2D eigenvalue weighted by atomic mass is 16.5. The van der Waals surface area contributed by atoms with Crippen LogP contribution in [0.5, 0.6) is 0 Å². The zero-order valence-electron chi connectivity index (χ0n) is 10.5. The third-order valence-corrected chi connectivity index (χ3v) is 2.55. The molecule has 0 fully saturated rings. The van der Waals surface area contributed by atoms with Gasteiger partial charge in [0.2, 0.25) is 0 Å². The maximum absolute atomic E-state index is 5.34. The Hall–Kier alpha value is -1.01. The molecule has 0 radical (unpaired) electrons. The fourth-order valence-electron chi connectivity index (χ4n) is 1.50. The fraction of sp³-hybridized carbons (Fsp3) is 0.900. The Morgan fingerprint density at radius 2 is 2.25 bits per heavy atom. The lowest BCUT2D eigenvalue weighted by Crippen LogP contribution is -2.41. The topological polar surface area (TPSA) is 64.9 Å². The van der Waals surface area contributed by atoms with Crippen molar-refractivity contribution in [1.82, 2.24) is 25.5 Å². The minimum absolute atomic E-state index is 0.135. The van der Waals surface area contributed by atoms with Gasteiger partial charge < -0.3 is 10.1 Å². The summed E-state index contributed by atoms with van der Waals surface area (Å²) in [5.74, 6) is 0.750. The number of aryl methyl sites for hydroxylation is 1. The van der Waals surface area contributed by atoms with Crippen molar-refractivity contribution >= 4 is 0 Å². The van der Waals surface area contributed by atoms with Crippen LogP contribution >= 0.6 is 0 Å². The quantitative estimate of drug-likeness (QED) is 0.718. The molecule has 0 saturated heterocycles. The van der Waals surface area contributed by atoms with Crippen molar-refractivity contribution in [3.63, 3.8) is 0 Å². The second-order valence-electron chi connectivity index (χ2n) is 3.90. The number of nitrogens with zero attached hydrogens (tertiary/aromatic N) is 4. The zero-order valence-corrected chi connectivity index (χ0v) is 10.5. The van der Waals surface area contributed by atoms with E-state index in [2.05, 4.69) is 27.7 Å². The van der Waals surface area contributed by atoms with Gasteiger partial charge in [-0.15, -0.1) is 10.2 Å². The summed E-state index contributed by atoms with van der Waals surface area (Å²) in [7, 11) is 3.49. The van der Waals surface area contributed by atoms with E-state index in [1.807, 2.05) is 6.92 Å². The molecule has 1 heterocycles. The number of tetrazole rings is 1. The van der Waals surface area contributed by atoms with E-state index >= 15 is 0 Å². The van der Waals surface area contributed by atoms with Crippen LogP contribution in [0.2, 0.25) is 0 Å². The molecule has 0 saturated carbocycles. The summed E-state index contributed by atoms with van der Waals surface area (Å²) in [5, 5.41) is 15.4. The number of nitrogens with one attached hydrogen (secondary N) is 1. The van der Waals surface area contributed by atoms with Crippen LogP contribution in [0.1, 0.15) is 26.1 Å². The summed E-state index contributed by atoms with van der Waals surface area (Å²) in [6, 6.07) is 0.231. The normalized spacial score (nSPS) is 15.0. The van der Waals surface area contributed by atoms with Crippen LogP contribution in [0.3, 0.4) is 0 Å². The largest absolute Gasteiger partial charge is 0.380 e. The van der Waals surface area contributed by atoms with Gasteiger partial charge in [0.05, 0.1) is 13.2 Å². The van der Waals surface area contributed by atoms with Crippen LogP contribution in [-0.2, 0) is 18.2 Å². The third-order valence-electron chi connectivity index (χ3n) is 2.55. The molecule has 0 bridgehead atoms. The first-order chi connectivity index (χ1) is 7.67. The van der Waals surface area contributed by atoms with Gasteiger partial charge in [-0.2, -0.15) is 4.80 Å². The van der Waals surface area contributed by atoms with Gasteiger partial charge in [0.1, 0.15) is 0 Å². The minimum atomic E-state index is 0.135. The van der Waals surface area contributed by atoms with Crippen molar-refractivity contribution in [2.75, 3.05) is 13.7 Å². The molecule has 2 atom stereocenters. The Kier molecular flexibility index (Phi) is 5.34. The number of hydrogen-bond acceptors (Lipinski definition) is 5. The van der Waals surface area contributed by atoms with E-state index in [0.717, 1.165) is 25.2 Å². The number of ether oxygens (including phenoxy) is 1. The van der Waals surface area contributed by atoms with Gasteiger partial charge in [-0.05, 0) is 25.1 Å². The van der Waals surface area contributed by atoms with Crippen LogP contribution in [-0.4, -0.2) is 46.0 Å². The van der Waals surface area contributed by atoms with Crippen molar-refractivity contribution in [2.24, 2.45) is 7.05 Å². The van der Waals surface area contributed by atoms with E-state index < -0.39 is 0 Å². The zero-order chi connectivity index (χ0) is 12.0. The lowest BCUT2D eigenvalue weighted by molar-refractivity contribution is 0.0824. The van der Waals surface area contributed by atoms with Gasteiger partial charge in [0.15, 0.2) is 5.82 Å². The number of rotatable bonds is 7. The van der Waals surface area contributed by atoms with Gasteiger partial charge in [-0.1, -0.05) is 6.92 Å². The highest BCUT2D eigenvalue weighted by Crippen LogP contribution is 2.03. The van der Waals surface area contributed by atoms with E-state index in [-0.39, 0.29) is 12.1 Å². The molecule has 2 unspecified atom stereocenters. The van der Waals surface area contributed by atoms with E-state index in [4.69, 9.17) is 4.74 Å². The van der Waals surface area contributed by atoms with Crippen molar-refractivity contribution in [3.05, 3.63) is 5.82 Å². The molecule has 6 heteroatoms. The first kappa shape index (κ1) is 13.1. The first-order valence-corrected chi connectivity index (χ1v) is 5.66. The Labute approximate surface area is 96.4 Å². The molecule has 0 aliphatic heterocycles. The van der Waals surface area contributed by atoms with Gasteiger partial charge >= 0.3 is 0 Å². The van der Waals surface area contributed by atoms with E-state index in [1.165, 1.54) is 4.80 Å². The van der Waals surface area contributed by atoms with Crippen molar-refractivity contribution in [3.8, 4) is 0 Å². The van der Waals surface area contributed by atoms with Gasteiger partial charge in [-0.25, -0.2) is 0 Å². The predicted octanol–water partition coefficient (Wildman–Crippen LogP) is 0.156. The molecule has 0 aromatic carbocycles.